The van der Waals surface area contributed by atoms with Gasteiger partial charge < -0.3 is 4.90 Å². The predicted molar refractivity (Wildman–Crippen MR) is 112 cm³/mol. The zero-order chi connectivity index (χ0) is 18.9. The Morgan fingerprint density at radius 2 is 1.85 bits per heavy atom. The van der Waals surface area contributed by atoms with E-state index in [9.17, 15) is 0 Å². The van der Waals surface area contributed by atoms with Crippen LogP contribution in [0.25, 0.3) is 0 Å². The van der Waals surface area contributed by atoms with Crippen LogP contribution in [0.15, 0.2) is 28.4 Å². The first-order chi connectivity index (χ1) is 13.1. The van der Waals surface area contributed by atoms with Gasteiger partial charge in [-0.3, -0.25) is 0 Å². The highest BCUT2D eigenvalue weighted by atomic mass is 35.5. The van der Waals surface area contributed by atoms with E-state index in [4.69, 9.17) is 33.2 Å². The van der Waals surface area contributed by atoms with E-state index < -0.39 is 0 Å². The highest BCUT2D eigenvalue weighted by molar-refractivity contribution is 7.99. The lowest BCUT2D eigenvalue weighted by Crippen LogP contribution is -2.39. The van der Waals surface area contributed by atoms with Crippen molar-refractivity contribution in [1.29, 1.82) is 0 Å². The molecule has 0 N–H and O–H groups in total. The van der Waals surface area contributed by atoms with Crippen LogP contribution in [0.1, 0.15) is 51.1 Å². The minimum absolute atomic E-state index is 0.318. The van der Waals surface area contributed by atoms with Gasteiger partial charge in [-0.2, -0.15) is 0 Å². The second-order valence-corrected chi connectivity index (χ2v) is 9.31. The molecule has 1 aliphatic heterocycles. The lowest BCUT2D eigenvalue weighted by molar-refractivity contribution is 0.226. The Morgan fingerprint density at radius 1 is 1.11 bits per heavy atom. The third-order valence-corrected chi connectivity index (χ3v) is 7.93. The summed E-state index contributed by atoms with van der Waals surface area (Å²) in [5.41, 5.74) is 1.62. The zero-order valence-corrected chi connectivity index (χ0v) is 17.9. The van der Waals surface area contributed by atoms with Gasteiger partial charge in [0.2, 0.25) is 0 Å². The molecule has 1 aliphatic carbocycles. The van der Waals surface area contributed by atoms with Crippen molar-refractivity contribution in [3.05, 3.63) is 34.3 Å². The Balaban J connectivity index is 1.51. The first-order valence-electron chi connectivity index (χ1n) is 9.69. The van der Waals surface area contributed by atoms with Crippen molar-refractivity contribution in [2.45, 2.75) is 61.8 Å². The maximum atomic E-state index is 6.28. The average Bonchev–Trinajstić information content (AvgIpc) is 3.14. The molecular formula is C20H24Cl2N4S. The maximum absolute atomic E-state index is 6.28. The first-order valence-corrected chi connectivity index (χ1v) is 11.3. The van der Waals surface area contributed by atoms with Crippen LogP contribution in [0.3, 0.4) is 0 Å². The SMILES string of the molecule is CCc1nc(N2CCC3(CCCC3)CC2)cnc1Sc1ccnc(Cl)c1Cl. The van der Waals surface area contributed by atoms with Crippen molar-refractivity contribution in [2.24, 2.45) is 5.41 Å². The van der Waals surface area contributed by atoms with E-state index in [1.54, 1.807) is 6.20 Å². The average molecular weight is 423 g/mol. The van der Waals surface area contributed by atoms with E-state index in [2.05, 4.69) is 16.8 Å². The van der Waals surface area contributed by atoms with E-state index in [1.165, 1.54) is 50.3 Å². The summed E-state index contributed by atoms with van der Waals surface area (Å²) in [5, 5.41) is 1.67. The molecule has 2 aromatic heterocycles. The van der Waals surface area contributed by atoms with E-state index in [0.717, 1.165) is 40.9 Å². The smallest absolute Gasteiger partial charge is 0.148 e. The van der Waals surface area contributed by atoms with Crippen LogP contribution in [0.5, 0.6) is 0 Å². The molecule has 7 heteroatoms. The Labute approximate surface area is 175 Å². The largest absolute Gasteiger partial charge is 0.355 e. The molecule has 1 saturated carbocycles. The number of anilines is 1. The molecule has 144 valence electrons. The van der Waals surface area contributed by atoms with Gasteiger partial charge in [0.1, 0.15) is 16.0 Å². The van der Waals surface area contributed by atoms with Crippen molar-refractivity contribution >= 4 is 40.8 Å². The van der Waals surface area contributed by atoms with Crippen LogP contribution in [0.2, 0.25) is 10.2 Å². The Kier molecular flexibility index (Phi) is 5.81. The van der Waals surface area contributed by atoms with Gasteiger partial charge in [0.05, 0.1) is 16.9 Å². The summed E-state index contributed by atoms with van der Waals surface area (Å²) in [4.78, 5) is 16.9. The van der Waals surface area contributed by atoms with Crippen LogP contribution < -0.4 is 4.90 Å². The fraction of sp³-hybridized carbons (Fsp3) is 0.550. The molecule has 0 aromatic carbocycles. The third kappa shape index (κ3) is 4.06. The second-order valence-electron chi connectivity index (χ2n) is 7.54. The molecule has 4 rings (SSSR count). The minimum atomic E-state index is 0.318. The summed E-state index contributed by atoms with van der Waals surface area (Å²) in [7, 11) is 0. The van der Waals surface area contributed by atoms with Gasteiger partial charge in [-0.15, -0.1) is 0 Å². The number of rotatable bonds is 4. The van der Waals surface area contributed by atoms with Crippen LogP contribution in [-0.2, 0) is 6.42 Å². The fourth-order valence-electron chi connectivity index (χ4n) is 4.29. The quantitative estimate of drug-likeness (QED) is 0.560. The van der Waals surface area contributed by atoms with Gasteiger partial charge in [0, 0.05) is 24.2 Å². The van der Waals surface area contributed by atoms with Gasteiger partial charge >= 0.3 is 0 Å². The van der Waals surface area contributed by atoms with Gasteiger partial charge in [0.15, 0.2) is 0 Å². The van der Waals surface area contributed by atoms with Gasteiger partial charge in [-0.1, -0.05) is 54.7 Å². The summed E-state index contributed by atoms with van der Waals surface area (Å²) in [6, 6.07) is 1.86. The van der Waals surface area contributed by atoms with E-state index >= 15 is 0 Å². The Bertz CT molecular complexity index is 814. The number of piperidine rings is 1. The van der Waals surface area contributed by atoms with Gasteiger partial charge in [0.25, 0.3) is 0 Å². The summed E-state index contributed by atoms with van der Waals surface area (Å²) in [6.07, 6.45) is 12.6. The summed E-state index contributed by atoms with van der Waals surface area (Å²) in [6.45, 7) is 4.30. The molecule has 2 fully saturated rings. The highest BCUT2D eigenvalue weighted by Crippen LogP contribution is 2.46. The molecule has 0 atom stereocenters. The standard InChI is InChI=1S/C20H24Cl2N4S/c1-2-14-19(27-15-5-10-23-18(22)17(15)21)24-13-16(25-14)26-11-8-20(9-12-26)6-3-4-7-20/h5,10,13H,2-4,6-9,11-12H2,1H3. The second kappa shape index (κ2) is 8.14. The first kappa shape index (κ1) is 19.3. The van der Waals surface area contributed by atoms with Crippen molar-refractivity contribution in [3.63, 3.8) is 0 Å². The van der Waals surface area contributed by atoms with E-state index in [1.807, 2.05) is 12.3 Å². The molecule has 0 amide bonds. The molecule has 4 nitrogen and oxygen atoms in total. The molecule has 2 aliphatic rings. The fourth-order valence-corrected chi connectivity index (χ4v) is 5.67. The Hall–Kier alpha value is -1.04. The topological polar surface area (TPSA) is 41.9 Å². The van der Waals surface area contributed by atoms with Gasteiger partial charge in [-0.05, 0) is 43.6 Å². The predicted octanol–water partition coefficient (Wildman–Crippen LogP) is 6.05. The lowest BCUT2D eigenvalue weighted by Gasteiger charge is -2.40. The molecule has 3 heterocycles. The van der Waals surface area contributed by atoms with E-state index in [-0.39, 0.29) is 0 Å². The number of halogens is 2. The number of nitrogens with zero attached hydrogens (tertiary/aromatic N) is 4. The lowest BCUT2D eigenvalue weighted by atomic mass is 9.77. The number of hydrogen-bond donors (Lipinski definition) is 0. The van der Waals surface area contributed by atoms with Crippen LogP contribution in [0.4, 0.5) is 5.82 Å². The third-order valence-electron chi connectivity index (χ3n) is 5.96. The normalized spacial score (nSPS) is 19.0. The Morgan fingerprint density at radius 3 is 2.56 bits per heavy atom. The summed E-state index contributed by atoms with van der Waals surface area (Å²) in [5.74, 6) is 1.00. The van der Waals surface area contributed by atoms with Crippen LogP contribution >= 0.6 is 35.0 Å². The highest BCUT2D eigenvalue weighted by Gasteiger charge is 2.37. The molecule has 2 aromatic rings. The molecule has 0 unspecified atom stereocenters. The monoisotopic (exact) mass is 422 g/mol. The minimum Gasteiger partial charge on any atom is -0.355 e. The molecule has 1 spiro atoms. The summed E-state index contributed by atoms with van der Waals surface area (Å²) >= 11 is 13.8. The molecule has 0 bridgehead atoms. The van der Waals surface area contributed by atoms with Crippen LogP contribution in [-0.4, -0.2) is 28.0 Å². The number of pyridine rings is 1. The number of aromatic nitrogens is 3. The number of aryl methyl sites for hydroxylation is 1. The van der Waals surface area contributed by atoms with Crippen molar-refractivity contribution in [2.75, 3.05) is 18.0 Å². The van der Waals surface area contributed by atoms with Gasteiger partial charge in [-0.25, -0.2) is 15.0 Å². The number of hydrogen-bond acceptors (Lipinski definition) is 5. The molecular weight excluding hydrogens is 399 g/mol. The van der Waals surface area contributed by atoms with Crippen molar-refractivity contribution in [3.8, 4) is 0 Å². The molecule has 27 heavy (non-hydrogen) atoms. The molecule has 1 saturated heterocycles. The van der Waals surface area contributed by atoms with E-state index in [0.29, 0.717) is 15.6 Å². The van der Waals surface area contributed by atoms with Crippen molar-refractivity contribution in [1.82, 2.24) is 15.0 Å². The maximum Gasteiger partial charge on any atom is 0.148 e. The van der Waals surface area contributed by atoms with Crippen LogP contribution in [0, 0.1) is 5.41 Å². The molecule has 0 radical (unpaired) electrons. The van der Waals surface area contributed by atoms with Crippen molar-refractivity contribution < 1.29 is 0 Å². The summed E-state index contributed by atoms with van der Waals surface area (Å²) < 4.78 is 0. The zero-order valence-electron chi connectivity index (χ0n) is 15.5.